The van der Waals surface area contributed by atoms with Gasteiger partial charge in [0.25, 0.3) is 5.91 Å². The summed E-state index contributed by atoms with van der Waals surface area (Å²) >= 11 is 0. The number of aryl methyl sites for hydroxylation is 1. The topological polar surface area (TPSA) is 98.7 Å². The van der Waals surface area contributed by atoms with Crippen LogP contribution in [0.2, 0.25) is 0 Å². The van der Waals surface area contributed by atoms with Gasteiger partial charge < -0.3 is 11.1 Å². The van der Waals surface area contributed by atoms with Crippen LogP contribution in [0.3, 0.4) is 0 Å². The monoisotopic (exact) mass is 246 g/mol. The van der Waals surface area contributed by atoms with Crippen molar-refractivity contribution in [2.45, 2.75) is 13.8 Å². The summed E-state index contributed by atoms with van der Waals surface area (Å²) in [6, 6.07) is 3.32. The summed E-state index contributed by atoms with van der Waals surface area (Å²) < 4.78 is 1.50. The number of hydrogen-bond donors (Lipinski definition) is 2. The molecule has 0 aliphatic carbocycles. The molecule has 2 heterocycles. The minimum absolute atomic E-state index is 0.205. The van der Waals surface area contributed by atoms with Gasteiger partial charge in [-0.05, 0) is 19.9 Å². The van der Waals surface area contributed by atoms with E-state index in [4.69, 9.17) is 5.73 Å². The molecule has 94 valence electrons. The lowest BCUT2D eigenvalue weighted by molar-refractivity contribution is 0.0995. The van der Waals surface area contributed by atoms with Crippen molar-refractivity contribution in [3.63, 3.8) is 0 Å². The van der Waals surface area contributed by atoms with Gasteiger partial charge in [0.15, 0.2) is 5.82 Å². The van der Waals surface area contributed by atoms with E-state index >= 15 is 0 Å². The third-order valence-electron chi connectivity index (χ3n) is 2.25. The first-order valence-corrected chi connectivity index (χ1v) is 5.55. The second-order valence-corrected chi connectivity index (χ2v) is 3.73. The van der Waals surface area contributed by atoms with Crippen LogP contribution in [0.5, 0.6) is 0 Å². The minimum Gasteiger partial charge on any atom is -0.364 e. The smallest absolute Gasteiger partial charge is 0.269 e. The molecular formula is C11H14N6O. The molecule has 0 saturated heterocycles. The predicted octanol–water partition coefficient (Wildman–Crippen LogP) is 0.501. The molecule has 0 unspecified atom stereocenters. The van der Waals surface area contributed by atoms with Crippen LogP contribution in [-0.2, 0) is 0 Å². The molecule has 0 aromatic carbocycles. The fraction of sp³-hybridized carbons (Fsp3) is 0.273. The van der Waals surface area contributed by atoms with Gasteiger partial charge in [0, 0.05) is 24.5 Å². The maximum absolute atomic E-state index is 11.0. The molecule has 7 heteroatoms. The first-order chi connectivity index (χ1) is 8.60. The summed E-state index contributed by atoms with van der Waals surface area (Å²) in [7, 11) is 0. The number of nitrogens with one attached hydrogen (secondary N) is 1. The molecule has 18 heavy (non-hydrogen) atoms. The molecule has 3 N–H and O–H groups in total. The second kappa shape index (κ2) is 4.82. The SMILES string of the molecule is CCNc1nc(C)cc(-n2ccc(C(N)=O)n2)n1. The number of anilines is 1. The number of rotatable bonds is 4. The molecule has 2 aromatic rings. The molecule has 0 saturated carbocycles. The zero-order chi connectivity index (χ0) is 13.1. The van der Waals surface area contributed by atoms with Crippen molar-refractivity contribution >= 4 is 11.9 Å². The van der Waals surface area contributed by atoms with Crippen LogP contribution in [0.25, 0.3) is 5.82 Å². The standard InChI is InChI=1S/C11H14N6O/c1-3-13-11-14-7(2)6-9(15-11)17-5-4-8(16-17)10(12)18/h4-6H,3H2,1-2H3,(H2,12,18)(H,13,14,15). The van der Waals surface area contributed by atoms with Crippen molar-refractivity contribution in [3.8, 4) is 5.82 Å². The minimum atomic E-state index is -0.563. The number of carbonyl (C=O) groups is 1. The summed E-state index contributed by atoms with van der Waals surface area (Å²) in [4.78, 5) is 19.5. The fourth-order valence-electron chi connectivity index (χ4n) is 1.49. The maximum Gasteiger partial charge on any atom is 0.269 e. The number of nitrogens with zero attached hydrogens (tertiary/aromatic N) is 4. The van der Waals surface area contributed by atoms with Gasteiger partial charge in [0.2, 0.25) is 5.95 Å². The van der Waals surface area contributed by atoms with Crippen molar-refractivity contribution in [2.75, 3.05) is 11.9 Å². The maximum atomic E-state index is 11.0. The van der Waals surface area contributed by atoms with E-state index in [1.165, 1.54) is 4.68 Å². The lowest BCUT2D eigenvalue weighted by atomic mass is 10.4. The Balaban J connectivity index is 2.39. The molecule has 2 aromatic heterocycles. The normalized spacial score (nSPS) is 10.3. The molecule has 0 atom stereocenters. The Bertz CT molecular complexity index is 577. The first kappa shape index (κ1) is 12.0. The van der Waals surface area contributed by atoms with E-state index in [1.54, 1.807) is 18.3 Å². The Labute approximate surface area is 104 Å². The van der Waals surface area contributed by atoms with Crippen molar-refractivity contribution in [2.24, 2.45) is 5.73 Å². The van der Waals surface area contributed by atoms with E-state index in [1.807, 2.05) is 13.8 Å². The number of hydrogen-bond acceptors (Lipinski definition) is 5. The van der Waals surface area contributed by atoms with Crippen LogP contribution in [0.4, 0.5) is 5.95 Å². The van der Waals surface area contributed by atoms with Gasteiger partial charge in [0.1, 0.15) is 5.69 Å². The van der Waals surface area contributed by atoms with Crippen molar-refractivity contribution < 1.29 is 4.79 Å². The van der Waals surface area contributed by atoms with Gasteiger partial charge in [-0.25, -0.2) is 9.67 Å². The Hall–Kier alpha value is -2.44. The number of carbonyl (C=O) groups excluding carboxylic acids is 1. The summed E-state index contributed by atoms with van der Waals surface area (Å²) in [5.74, 6) is 0.556. The summed E-state index contributed by atoms with van der Waals surface area (Å²) in [6.07, 6.45) is 1.64. The van der Waals surface area contributed by atoms with Gasteiger partial charge in [0.05, 0.1) is 0 Å². The van der Waals surface area contributed by atoms with Crippen LogP contribution in [-0.4, -0.2) is 32.2 Å². The fourth-order valence-corrected chi connectivity index (χ4v) is 1.49. The van der Waals surface area contributed by atoms with Gasteiger partial charge in [-0.1, -0.05) is 0 Å². The molecular weight excluding hydrogens is 232 g/mol. The van der Waals surface area contributed by atoms with Gasteiger partial charge >= 0.3 is 0 Å². The van der Waals surface area contributed by atoms with Crippen LogP contribution in [0, 0.1) is 6.92 Å². The highest BCUT2D eigenvalue weighted by Gasteiger charge is 2.08. The van der Waals surface area contributed by atoms with Crippen molar-refractivity contribution in [1.82, 2.24) is 19.7 Å². The molecule has 0 aliphatic heterocycles. The summed E-state index contributed by atoms with van der Waals surface area (Å²) in [5.41, 5.74) is 6.17. The van der Waals surface area contributed by atoms with Crippen molar-refractivity contribution in [3.05, 3.63) is 29.7 Å². The van der Waals surface area contributed by atoms with Gasteiger partial charge in [-0.15, -0.1) is 0 Å². The molecule has 0 aliphatic rings. The van der Waals surface area contributed by atoms with Crippen LogP contribution < -0.4 is 11.1 Å². The number of primary amides is 1. The first-order valence-electron chi connectivity index (χ1n) is 5.55. The molecule has 0 radical (unpaired) electrons. The van der Waals surface area contributed by atoms with Gasteiger partial charge in [-0.3, -0.25) is 4.79 Å². The quantitative estimate of drug-likeness (QED) is 0.818. The molecule has 1 amide bonds. The van der Waals surface area contributed by atoms with Crippen LogP contribution in [0.1, 0.15) is 23.1 Å². The summed E-state index contributed by atoms with van der Waals surface area (Å²) in [6.45, 7) is 4.56. The third kappa shape index (κ3) is 2.45. The highest BCUT2D eigenvalue weighted by atomic mass is 16.1. The second-order valence-electron chi connectivity index (χ2n) is 3.73. The Morgan fingerprint density at radius 3 is 2.89 bits per heavy atom. The number of amides is 1. The highest BCUT2D eigenvalue weighted by Crippen LogP contribution is 2.09. The lowest BCUT2D eigenvalue weighted by Crippen LogP contribution is -2.13. The van der Waals surface area contributed by atoms with E-state index in [9.17, 15) is 4.79 Å². The van der Waals surface area contributed by atoms with Gasteiger partial charge in [-0.2, -0.15) is 10.1 Å². The van der Waals surface area contributed by atoms with Crippen LogP contribution in [0.15, 0.2) is 18.3 Å². The van der Waals surface area contributed by atoms with E-state index in [0.717, 1.165) is 12.2 Å². The molecule has 0 fully saturated rings. The highest BCUT2D eigenvalue weighted by molar-refractivity contribution is 5.90. The van der Waals surface area contributed by atoms with E-state index < -0.39 is 5.91 Å². The zero-order valence-electron chi connectivity index (χ0n) is 10.2. The molecule has 0 bridgehead atoms. The number of aromatic nitrogens is 4. The average molecular weight is 246 g/mol. The van der Waals surface area contributed by atoms with Crippen LogP contribution >= 0.6 is 0 Å². The third-order valence-corrected chi connectivity index (χ3v) is 2.25. The van der Waals surface area contributed by atoms with Crippen molar-refractivity contribution in [1.29, 1.82) is 0 Å². The summed E-state index contributed by atoms with van der Waals surface area (Å²) in [5, 5.41) is 7.08. The Morgan fingerprint density at radius 2 is 2.28 bits per heavy atom. The lowest BCUT2D eigenvalue weighted by Gasteiger charge is -2.06. The average Bonchev–Trinajstić information content (AvgIpc) is 2.78. The Kier molecular flexibility index (Phi) is 3.22. The predicted molar refractivity (Wildman–Crippen MR) is 66.6 cm³/mol. The largest absolute Gasteiger partial charge is 0.364 e. The van der Waals surface area contributed by atoms with E-state index in [-0.39, 0.29) is 5.69 Å². The molecule has 2 rings (SSSR count). The molecule has 0 spiro atoms. The Morgan fingerprint density at radius 1 is 1.50 bits per heavy atom. The zero-order valence-corrected chi connectivity index (χ0v) is 10.2. The van der Waals surface area contributed by atoms with E-state index in [2.05, 4.69) is 20.4 Å². The molecule has 7 nitrogen and oxygen atoms in total. The van der Waals surface area contributed by atoms with E-state index in [0.29, 0.717) is 11.8 Å². The number of nitrogens with two attached hydrogens (primary N) is 1.